The van der Waals surface area contributed by atoms with Crippen LogP contribution in [-0.4, -0.2) is 49.4 Å². The highest BCUT2D eigenvalue weighted by Crippen LogP contribution is 2.41. The fourth-order valence-corrected chi connectivity index (χ4v) is 7.67. The number of carbonyl (C=O) groups is 1. The van der Waals surface area contributed by atoms with Gasteiger partial charge in [0.1, 0.15) is 5.75 Å². The number of thioether (sulfide) groups is 1. The Morgan fingerprint density at radius 1 is 1.24 bits per heavy atom. The monoisotopic (exact) mass is 450 g/mol. The number of carbonyl (C=O) groups excluding carboxylic acids is 1. The molecule has 2 fully saturated rings. The van der Waals surface area contributed by atoms with Crippen molar-refractivity contribution in [2.24, 2.45) is 4.99 Å². The van der Waals surface area contributed by atoms with Crippen molar-refractivity contribution in [1.29, 1.82) is 0 Å². The Kier molecular flexibility index (Phi) is 5.59. The van der Waals surface area contributed by atoms with Gasteiger partial charge in [-0.25, -0.2) is 8.42 Å². The van der Waals surface area contributed by atoms with E-state index in [0.717, 1.165) is 17.0 Å². The number of ether oxygens (including phenoxy) is 1. The van der Waals surface area contributed by atoms with Crippen LogP contribution < -0.4 is 9.64 Å². The van der Waals surface area contributed by atoms with Crippen molar-refractivity contribution in [3.05, 3.63) is 59.1 Å². The van der Waals surface area contributed by atoms with Crippen molar-refractivity contribution < 1.29 is 17.9 Å². The Bertz CT molecular complexity index is 1070. The van der Waals surface area contributed by atoms with Crippen LogP contribution in [0.4, 0.5) is 5.69 Å². The maximum absolute atomic E-state index is 12.6. The largest absolute Gasteiger partial charge is 0.497 e. The number of hydrogen-bond acceptors (Lipinski definition) is 5. The highest BCUT2D eigenvalue weighted by Gasteiger charge is 2.49. The van der Waals surface area contributed by atoms with Gasteiger partial charge < -0.3 is 9.64 Å². The van der Waals surface area contributed by atoms with Crippen LogP contribution in [0, 0.1) is 0 Å². The predicted octanol–water partition coefficient (Wildman–Crippen LogP) is 3.19. The Morgan fingerprint density at radius 2 is 2.00 bits per heavy atom. The number of amides is 1. The van der Waals surface area contributed by atoms with Crippen molar-refractivity contribution >= 4 is 50.0 Å². The molecular formula is C20H19ClN2O4S2. The van der Waals surface area contributed by atoms with E-state index in [4.69, 9.17) is 16.3 Å². The Morgan fingerprint density at radius 3 is 2.69 bits per heavy atom. The topological polar surface area (TPSA) is 76.0 Å². The zero-order valence-corrected chi connectivity index (χ0v) is 18.0. The summed E-state index contributed by atoms with van der Waals surface area (Å²) in [6.07, 6.45) is 0.158. The summed E-state index contributed by atoms with van der Waals surface area (Å²) in [6, 6.07) is 14.2. The average molecular weight is 451 g/mol. The summed E-state index contributed by atoms with van der Waals surface area (Å²) in [5.41, 5.74) is 1.57. The second kappa shape index (κ2) is 8.01. The van der Waals surface area contributed by atoms with E-state index < -0.39 is 9.84 Å². The number of fused-ring (bicyclic) bond motifs is 1. The van der Waals surface area contributed by atoms with Crippen molar-refractivity contribution in [3.63, 3.8) is 0 Å². The number of nitrogens with zero attached hydrogens (tertiary/aromatic N) is 2. The van der Waals surface area contributed by atoms with E-state index in [0.29, 0.717) is 10.2 Å². The van der Waals surface area contributed by atoms with Crippen LogP contribution in [0.15, 0.2) is 53.5 Å². The van der Waals surface area contributed by atoms with E-state index >= 15 is 0 Å². The zero-order valence-electron chi connectivity index (χ0n) is 15.6. The molecule has 0 saturated carbocycles. The van der Waals surface area contributed by atoms with Gasteiger partial charge in [0, 0.05) is 16.0 Å². The number of sulfone groups is 1. The van der Waals surface area contributed by atoms with Crippen LogP contribution in [0.25, 0.3) is 0 Å². The van der Waals surface area contributed by atoms with Crippen molar-refractivity contribution in [3.8, 4) is 5.75 Å². The maximum atomic E-state index is 12.6. The standard InChI is InChI=1S/C20H19ClN2O4S2/c1-27-16-7-5-13(6-8-16)9-19(24)22-20-23(15-4-2-3-14(21)10-15)17-11-29(25,26)12-18(17)28-20/h2-8,10,17-18H,9,11-12H2,1H3/t17-,18+/m0/s1. The van der Waals surface area contributed by atoms with Crippen molar-refractivity contribution in [2.45, 2.75) is 17.7 Å². The van der Waals surface area contributed by atoms with Gasteiger partial charge in [-0.1, -0.05) is 41.6 Å². The first-order valence-corrected chi connectivity index (χ1v) is 12.1. The molecule has 2 atom stereocenters. The molecule has 2 aromatic carbocycles. The molecule has 152 valence electrons. The van der Waals surface area contributed by atoms with Gasteiger partial charge in [0.15, 0.2) is 15.0 Å². The third-order valence-corrected chi connectivity index (χ3v) is 8.33. The summed E-state index contributed by atoms with van der Waals surface area (Å²) in [5, 5.41) is 0.919. The molecule has 1 amide bonds. The molecule has 2 heterocycles. The van der Waals surface area contributed by atoms with Crippen LogP contribution >= 0.6 is 23.4 Å². The molecule has 2 aliphatic rings. The summed E-state index contributed by atoms with van der Waals surface area (Å²) < 4.78 is 29.4. The van der Waals surface area contributed by atoms with Gasteiger partial charge in [-0.05, 0) is 35.9 Å². The molecule has 4 rings (SSSR count). The average Bonchev–Trinajstić information content (AvgIpc) is 3.12. The third-order valence-electron chi connectivity index (χ3n) is 4.89. The Labute approximate surface area is 178 Å². The number of amidine groups is 1. The van der Waals surface area contributed by atoms with E-state index in [2.05, 4.69) is 4.99 Å². The van der Waals surface area contributed by atoms with Gasteiger partial charge in [0.25, 0.3) is 5.91 Å². The second-order valence-electron chi connectivity index (χ2n) is 6.96. The lowest BCUT2D eigenvalue weighted by molar-refractivity contribution is -0.117. The summed E-state index contributed by atoms with van der Waals surface area (Å²) in [6.45, 7) is 0. The van der Waals surface area contributed by atoms with Crippen molar-refractivity contribution in [1.82, 2.24) is 0 Å². The normalized spacial score (nSPS) is 23.9. The molecule has 9 heteroatoms. The zero-order chi connectivity index (χ0) is 20.6. The fraction of sp³-hybridized carbons (Fsp3) is 0.300. The molecule has 0 spiro atoms. The number of methoxy groups -OCH3 is 1. The number of hydrogen-bond donors (Lipinski definition) is 0. The summed E-state index contributed by atoms with van der Waals surface area (Å²) in [7, 11) is -1.52. The summed E-state index contributed by atoms with van der Waals surface area (Å²) in [5.74, 6) is 0.570. The van der Waals surface area contributed by atoms with Gasteiger partial charge >= 0.3 is 0 Å². The first-order valence-electron chi connectivity index (χ1n) is 9.01. The lowest BCUT2D eigenvalue weighted by Crippen LogP contribution is -2.37. The van der Waals surface area contributed by atoms with E-state index in [1.54, 1.807) is 37.4 Å². The molecule has 0 N–H and O–H groups in total. The van der Waals surface area contributed by atoms with E-state index in [-0.39, 0.29) is 35.1 Å². The van der Waals surface area contributed by atoms with E-state index in [9.17, 15) is 13.2 Å². The minimum Gasteiger partial charge on any atom is -0.497 e. The molecule has 0 aromatic heterocycles. The number of aliphatic imine (C=N–C) groups is 1. The number of anilines is 1. The minimum absolute atomic E-state index is 0.0445. The highest BCUT2D eigenvalue weighted by molar-refractivity contribution is 8.16. The maximum Gasteiger partial charge on any atom is 0.252 e. The predicted molar refractivity (Wildman–Crippen MR) is 117 cm³/mol. The molecule has 29 heavy (non-hydrogen) atoms. The molecule has 2 saturated heterocycles. The fourth-order valence-electron chi connectivity index (χ4n) is 3.56. The lowest BCUT2D eigenvalue weighted by Gasteiger charge is -2.24. The minimum atomic E-state index is -3.11. The van der Waals surface area contributed by atoms with E-state index in [1.165, 1.54) is 11.8 Å². The highest BCUT2D eigenvalue weighted by atomic mass is 35.5. The Hall–Kier alpha value is -2.03. The van der Waals surface area contributed by atoms with Gasteiger partial charge in [-0.15, -0.1) is 0 Å². The van der Waals surface area contributed by atoms with Gasteiger partial charge in [0.05, 0.1) is 31.1 Å². The molecule has 6 nitrogen and oxygen atoms in total. The van der Waals surface area contributed by atoms with Gasteiger partial charge in [0.2, 0.25) is 0 Å². The van der Waals surface area contributed by atoms with Crippen LogP contribution in [-0.2, 0) is 21.1 Å². The van der Waals surface area contributed by atoms with Gasteiger partial charge in [-0.2, -0.15) is 4.99 Å². The number of rotatable bonds is 4. The summed E-state index contributed by atoms with van der Waals surface area (Å²) >= 11 is 7.49. The molecule has 0 unspecified atom stereocenters. The third kappa shape index (κ3) is 4.44. The second-order valence-corrected chi connectivity index (χ2v) is 10.8. The van der Waals surface area contributed by atoms with Crippen LogP contribution in [0.1, 0.15) is 5.56 Å². The number of halogens is 1. The van der Waals surface area contributed by atoms with Crippen LogP contribution in [0.5, 0.6) is 5.75 Å². The molecular weight excluding hydrogens is 432 g/mol. The first kappa shape index (κ1) is 20.3. The van der Waals surface area contributed by atoms with Crippen molar-refractivity contribution in [2.75, 3.05) is 23.5 Å². The molecule has 2 aromatic rings. The van der Waals surface area contributed by atoms with Gasteiger partial charge in [-0.3, -0.25) is 4.79 Å². The smallest absolute Gasteiger partial charge is 0.252 e. The lowest BCUT2D eigenvalue weighted by atomic mass is 10.1. The number of benzene rings is 2. The SMILES string of the molecule is COc1ccc(CC(=O)N=C2S[C@@H]3CS(=O)(=O)C[C@@H]3N2c2cccc(Cl)c2)cc1. The molecule has 2 aliphatic heterocycles. The Balaban J connectivity index is 1.61. The first-order chi connectivity index (χ1) is 13.8. The molecule has 0 radical (unpaired) electrons. The van der Waals surface area contributed by atoms with Crippen LogP contribution in [0.2, 0.25) is 5.02 Å². The molecule has 0 bridgehead atoms. The molecule has 0 aliphatic carbocycles. The van der Waals surface area contributed by atoms with Crippen LogP contribution in [0.3, 0.4) is 0 Å². The summed E-state index contributed by atoms with van der Waals surface area (Å²) in [4.78, 5) is 18.8. The van der Waals surface area contributed by atoms with E-state index in [1.807, 2.05) is 23.1 Å². The quantitative estimate of drug-likeness (QED) is 0.712.